The second kappa shape index (κ2) is 28.1. The zero-order valence-electron chi connectivity index (χ0n) is 52.6. The van der Waals surface area contributed by atoms with Crippen molar-refractivity contribution in [3.63, 3.8) is 0 Å². The van der Waals surface area contributed by atoms with Crippen molar-refractivity contribution in [2.75, 3.05) is 60.9 Å². The summed E-state index contributed by atoms with van der Waals surface area (Å²) in [4.78, 5) is 54.4. The molecule has 0 atom stereocenters. The van der Waals surface area contributed by atoms with E-state index in [9.17, 15) is 36.0 Å². The van der Waals surface area contributed by atoms with Gasteiger partial charge in [-0.25, -0.2) is 19.2 Å². The highest BCUT2D eigenvalue weighted by molar-refractivity contribution is 9.10. The number of H-pyrrole nitrogens is 3. The summed E-state index contributed by atoms with van der Waals surface area (Å²) in [7, 11) is -1.57. The van der Waals surface area contributed by atoms with Gasteiger partial charge >= 0.3 is 44.8 Å². The molecular weight excluding hydrogens is 1300 g/mol. The van der Waals surface area contributed by atoms with Crippen molar-refractivity contribution in [3.8, 4) is 0 Å². The summed E-state index contributed by atoms with van der Waals surface area (Å²) in [5.74, 6) is 0. The van der Waals surface area contributed by atoms with Crippen molar-refractivity contribution in [2.24, 2.45) is 0 Å². The third-order valence-corrected chi connectivity index (χ3v) is 18.1. The lowest BCUT2D eigenvalue weighted by atomic mass is 10.1. The van der Waals surface area contributed by atoms with E-state index >= 15 is 0 Å². The molecule has 87 heavy (non-hydrogen) atoms. The molecule has 5 aliphatic heterocycles. The number of halogens is 2. The third kappa shape index (κ3) is 19.4. The first-order valence-corrected chi connectivity index (χ1v) is 32.7. The van der Waals surface area contributed by atoms with Crippen LogP contribution >= 0.6 is 31.9 Å². The molecule has 4 N–H and O–H groups in total. The highest BCUT2D eigenvalue weighted by Gasteiger charge is 2.34. The highest BCUT2D eigenvalue weighted by atomic mass is 79.9. The van der Waals surface area contributed by atoms with Crippen LogP contribution in [-0.2, 0) is 104 Å². The van der Waals surface area contributed by atoms with Gasteiger partial charge in [-0.05, 0) is 170 Å². The van der Waals surface area contributed by atoms with Crippen LogP contribution in [0.2, 0.25) is 0 Å². The molecule has 0 saturated heterocycles. The van der Waals surface area contributed by atoms with Gasteiger partial charge in [0.15, 0.2) is 0 Å². The Morgan fingerprint density at radius 2 is 0.943 bits per heavy atom. The second-order valence-electron chi connectivity index (χ2n) is 25.4. The Hall–Kier alpha value is -6.13. The molecule has 0 unspecified atom stereocenters. The molecular formula is C54H85Br2N17O12S2. The number of nitrogens with one attached hydrogen (secondary N) is 4. The van der Waals surface area contributed by atoms with Gasteiger partial charge < -0.3 is 43.9 Å². The predicted molar refractivity (Wildman–Crippen MR) is 328 cm³/mol. The number of amides is 4. The Morgan fingerprint density at radius 1 is 0.517 bits per heavy atom. The molecule has 5 aliphatic rings. The summed E-state index contributed by atoms with van der Waals surface area (Å²) in [5.41, 5.74) is 7.71. The van der Waals surface area contributed by atoms with Gasteiger partial charge in [0.05, 0.1) is 67.0 Å². The largest absolute Gasteiger partial charge is 0.444 e. The quantitative estimate of drug-likeness (QED) is 0.137. The van der Waals surface area contributed by atoms with E-state index in [1.165, 1.54) is 61.0 Å². The molecule has 4 amide bonds. The van der Waals surface area contributed by atoms with Crippen molar-refractivity contribution in [1.82, 2.24) is 82.5 Å². The summed E-state index contributed by atoms with van der Waals surface area (Å²) in [6.45, 7) is 27.9. The number of rotatable bonds is 4. The van der Waals surface area contributed by atoms with E-state index in [2.05, 4.69) is 78.0 Å². The normalized spacial score (nSPS) is 15.9. The molecule has 0 saturated carbocycles. The maximum absolute atomic E-state index is 12.3. The number of carbonyl (C=O) groups is 4. The van der Waals surface area contributed by atoms with Crippen molar-refractivity contribution >= 4 is 76.7 Å². The van der Waals surface area contributed by atoms with Crippen LogP contribution in [0.1, 0.15) is 139 Å². The van der Waals surface area contributed by atoms with Gasteiger partial charge in [0.2, 0.25) is 0 Å². The first-order chi connectivity index (χ1) is 40.2. The lowest BCUT2D eigenvalue weighted by molar-refractivity contribution is 0.0211. The second-order valence-corrected chi connectivity index (χ2v) is 30.8. The van der Waals surface area contributed by atoms with E-state index in [0.29, 0.717) is 68.1 Å². The number of ether oxygens (including phenoxy) is 4. The maximum Gasteiger partial charge on any atom is 0.410 e. The van der Waals surface area contributed by atoms with Crippen LogP contribution < -0.4 is 5.32 Å². The molecule has 0 spiro atoms. The first kappa shape index (κ1) is 70.0. The Balaban J connectivity index is 0.000000178. The van der Waals surface area contributed by atoms with E-state index in [0.717, 1.165) is 81.8 Å². The van der Waals surface area contributed by atoms with Crippen LogP contribution in [-0.4, -0.2) is 202 Å². The fraction of sp³-hybridized carbons (Fsp3) is 0.648. The molecule has 0 aromatic carbocycles. The van der Waals surface area contributed by atoms with E-state index in [1.807, 2.05) is 53.9 Å². The number of fused-ring (bicyclic) bond motifs is 5. The summed E-state index contributed by atoms with van der Waals surface area (Å²) < 4.78 is 75.4. The Morgan fingerprint density at radius 3 is 1.43 bits per heavy atom. The number of hydrogen-bond donors (Lipinski definition) is 4. The molecule has 0 radical (unpaired) electrons. The van der Waals surface area contributed by atoms with E-state index in [4.69, 9.17) is 18.9 Å². The van der Waals surface area contributed by atoms with E-state index < -0.39 is 55.0 Å². The zero-order valence-corrected chi connectivity index (χ0v) is 57.4. The van der Waals surface area contributed by atoms with Gasteiger partial charge in [-0.15, -0.1) is 4.09 Å². The smallest absolute Gasteiger partial charge is 0.410 e. The molecule has 484 valence electrons. The zero-order chi connectivity index (χ0) is 64.8. The number of carbonyl (C=O) groups excluding carboxylic acids is 4. The Bertz CT molecular complexity index is 3420. The van der Waals surface area contributed by atoms with Crippen molar-refractivity contribution < 1.29 is 55.0 Å². The van der Waals surface area contributed by atoms with Crippen LogP contribution in [0.4, 0.5) is 19.2 Å². The maximum atomic E-state index is 12.3. The summed E-state index contributed by atoms with van der Waals surface area (Å²) in [5, 5.41) is 32.3. The number of hydrogen-bond acceptors (Lipinski definition) is 18. The molecule has 0 bridgehead atoms. The molecule has 0 fully saturated rings. The predicted octanol–water partition coefficient (Wildman–Crippen LogP) is 6.65. The Kier molecular flexibility index (Phi) is 22.6. The third-order valence-electron chi connectivity index (χ3n) is 13.2. The topological polar surface area (TPSA) is 327 Å². The van der Waals surface area contributed by atoms with Crippen LogP contribution in [0.5, 0.6) is 0 Å². The average Bonchev–Trinajstić information content (AvgIpc) is 1.73. The average molecular weight is 1390 g/mol. The SMILES string of the molecule is CC(C)(C)OC(=O)N1CCc2c(Br)n[nH]c2C1.CC(C)(C)OC(=O)N1CCc2cn[nH]c2C1.CN(C)S(=O)(=O)n1cc2c(n1)CN(C(=O)OC(C)(C)C)CC2.CN(C)S(=O)(=O)n1nc2c(c1Br)CCN(C(=O)OC(C)(C)C)C2.c1n[nH]c2c1CCNC2. The van der Waals surface area contributed by atoms with Gasteiger partial charge in [-0.3, -0.25) is 15.3 Å². The number of nitrogens with zero attached hydrogens (tertiary/aromatic N) is 13. The van der Waals surface area contributed by atoms with Crippen molar-refractivity contribution in [3.05, 3.63) is 84.1 Å². The number of aromatic nitrogens is 10. The highest BCUT2D eigenvalue weighted by Crippen LogP contribution is 2.30. The standard InChI is InChI=1S/C13H21BrN4O4S.C13H22N4O4S.C11H16BrN3O2.C11H17N3O2.C6H9N3/c1-13(2,3)22-12(19)17-7-6-9-10(8-17)15-18(11(9)14)23(20,21)16(4)5;1-13(2,3)21-12(18)16-7-6-10-8-17(14-11(10)9-16)22(19,20)15(4)5;1-11(2,3)17-10(16)15-5-4-7-8(6-15)13-14-9(7)12;1-11(2,3)16-10(15)14-5-4-8-6-12-13-9(8)7-14;1-2-7-4-6-5(1)3-8-9-6/h6-8H2,1-5H3;8H,6-7,9H2,1-5H3;4-6H2,1-3H3,(H,13,14);6H,4-5,7H2,1-3H3,(H,12,13);3,7H,1-2,4H2,(H,8,9). The lowest BCUT2D eigenvalue weighted by Gasteiger charge is -2.29. The van der Waals surface area contributed by atoms with Gasteiger partial charge in [-0.2, -0.15) is 55.0 Å². The van der Waals surface area contributed by atoms with Gasteiger partial charge in [-0.1, -0.05) is 0 Å². The molecule has 10 rings (SSSR count). The minimum absolute atomic E-state index is 0.221. The van der Waals surface area contributed by atoms with Crippen LogP contribution in [0.25, 0.3) is 0 Å². The van der Waals surface area contributed by atoms with E-state index in [-0.39, 0.29) is 25.3 Å². The molecule has 10 heterocycles. The summed E-state index contributed by atoms with van der Waals surface area (Å²) in [6, 6.07) is 0. The molecule has 33 heteroatoms. The van der Waals surface area contributed by atoms with Crippen LogP contribution in [0, 0.1) is 0 Å². The fourth-order valence-corrected chi connectivity index (χ4v) is 12.0. The minimum atomic E-state index is -3.71. The van der Waals surface area contributed by atoms with E-state index in [1.54, 1.807) is 51.3 Å². The fourth-order valence-electron chi connectivity index (χ4n) is 8.76. The van der Waals surface area contributed by atoms with Crippen LogP contribution in [0.15, 0.2) is 27.8 Å². The van der Waals surface area contributed by atoms with Crippen molar-refractivity contribution in [2.45, 2.75) is 170 Å². The monoisotopic (exact) mass is 1390 g/mol. The van der Waals surface area contributed by atoms with Crippen molar-refractivity contribution in [1.29, 1.82) is 0 Å². The first-order valence-electron chi connectivity index (χ1n) is 28.3. The van der Waals surface area contributed by atoms with Gasteiger partial charge in [0, 0.05) is 78.2 Å². The summed E-state index contributed by atoms with van der Waals surface area (Å²) in [6.07, 6.45) is 7.70. The minimum Gasteiger partial charge on any atom is -0.444 e. The molecule has 29 nitrogen and oxygen atoms in total. The lowest BCUT2D eigenvalue weighted by Crippen LogP contribution is -2.39. The van der Waals surface area contributed by atoms with Crippen LogP contribution in [0.3, 0.4) is 0 Å². The molecule has 5 aromatic rings. The Labute approximate surface area is 526 Å². The molecule has 5 aromatic heterocycles. The summed E-state index contributed by atoms with van der Waals surface area (Å²) >= 11 is 6.69. The molecule has 0 aliphatic carbocycles. The van der Waals surface area contributed by atoms with Gasteiger partial charge in [0.1, 0.15) is 31.6 Å². The number of aromatic amines is 3. The van der Waals surface area contributed by atoms with Gasteiger partial charge in [0.25, 0.3) is 0 Å².